The third-order valence-corrected chi connectivity index (χ3v) is 5.69. The van der Waals surface area contributed by atoms with E-state index in [1.54, 1.807) is 17.2 Å². The van der Waals surface area contributed by atoms with Gasteiger partial charge in [-0.15, -0.1) is 11.3 Å². The molecule has 0 radical (unpaired) electrons. The lowest BCUT2D eigenvalue weighted by Gasteiger charge is -2.32. The van der Waals surface area contributed by atoms with Crippen molar-refractivity contribution in [3.05, 3.63) is 33.5 Å². The Labute approximate surface area is 169 Å². The van der Waals surface area contributed by atoms with Gasteiger partial charge in [-0.3, -0.25) is 9.48 Å². The number of halogens is 3. The van der Waals surface area contributed by atoms with Crippen LogP contribution < -0.4 is 0 Å². The molecule has 29 heavy (non-hydrogen) atoms. The molecule has 0 aliphatic carbocycles. The Balaban J connectivity index is 1.66. The fourth-order valence-corrected chi connectivity index (χ4v) is 4.13. The minimum Gasteiger partial charge on any atom is -0.461 e. The highest BCUT2D eigenvalue weighted by Gasteiger charge is 2.35. The maximum absolute atomic E-state index is 12.8. The van der Waals surface area contributed by atoms with Gasteiger partial charge in [0.15, 0.2) is 11.4 Å². The van der Waals surface area contributed by atoms with E-state index in [2.05, 4.69) is 10.1 Å². The number of esters is 1. The van der Waals surface area contributed by atoms with E-state index in [1.165, 1.54) is 18.3 Å². The number of hydrogen-bond acceptors (Lipinski definition) is 6. The Morgan fingerprint density at radius 1 is 1.38 bits per heavy atom. The predicted molar refractivity (Wildman–Crippen MR) is 98.6 cm³/mol. The lowest BCUT2D eigenvalue weighted by Crippen LogP contribution is -2.41. The predicted octanol–water partition coefficient (Wildman–Crippen LogP) is 3.25. The first-order valence-electron chi connectivity index (χ1n) is 9.21. The molecule has 0 bridgehead atoms. The summed E-state index contributed by atoms with van der Waals surface area (Å²) in [6.07, 6.45) is -2.98. The molecular formula is C18H21F3N4O3S. The second kappa shape index (κ2) is 8.52. The molecule has 1 atom stereocenters. The monoisotopic (exact) mass is 430 g/mol. The summed E-state index contributed by atoms with van der Waals surface area (Å²) in [7, 11) is 0. The molecule has 1 fully saturated rings. The average molecular weight is 430 g/mol. The third-order valence-electron chi connectivity index (χ3n) is 4.69. The van der Waals surface area contributed by atoms with Gasteiger partial charge < -0.3 is 9.64 Å². The van der Waals surface area contributed by atoms with Crippen molar-refractivity contribution in [2.45, 2.75) is 45.3 Å². The Morgan fingerprint density at radius 2 is 2.14 bits per heavy atom. The highest BCUT2D eigenvalue weighted by Crippen LogP contribution is 2.30. The Bertz CT molecular complexity index is 893. The van der Waals surface area contributed by atoms with Crippen LogP contribution in [0.5, 0.6) is 0 Å². The molecule has 11 heteroatoms. The number of carbonyl (C=O) groups excluding carboxylic acids is 2. The molecule has 3 heterocycles. The van der Waals surface area contributed by atoms with Gasteiger partial charge in [0.2, 0.25) is 5.91 Å². The number of alkyl halides is 3. The van der Waals surface area contributed by atoms with Crippen molar-refractivity contribution < 1.29 is 27.5 Å². The van der Waals surface area contributed by atoms with Crippen molar-refractivity contribution in [1.82, 2.24) is 19.7 Å². The normalized spacial score (nSPS) is 17.4. The minimum atomic E-state index is -4.54. The summed E-state index contributed by atoms with van der Waals surface area (Å²) in [6.45, 7) is 4.15. The van der Waals surface area contributed by atoms with Crippen LogP contribution in [0.4, 0.5) is 13.2 Å². The first-order valence-corrected chi connectivity index (χ1v) is 10.1. The molecule has 1 saturated heterocycles. The van der Waals surface area contributed by atoms with Crippen molar-refractivity contribution in [2.75, 3.05) is 19.7 Å². The maximum atomic E-state index is 12.8. The van der Waals surface area contributed by atoms with Crippen molar-refractivity contribution in [2.24, 2.45) is 0 Å². The summed E-state index contributed by atoms with van der Waals surface area (Å²) in [5.74, 6) is -0.796. The highest BCUT2D eigenvalue weighted by molar-refractivity contribution is 7.09. The zero-order valence-corrected chi connectivity index (χ0v) is 16.8. The summed E-state index contributed by atoms with van der Waals surface area (Å²) in [5.41, 5.74) is -0.478. The molecule has 1 aliphatic rings. The first-order chi connectivity index (χ1) is 13.7. The number of amides is 1. The Morgan fingerprint density at radius 3 is 2.79 bits per heavy atom. The van der Waals surface area contributed by atoms with Gasteiger partial charge >= 0.3 is 12.1 Å². The molecule has 3 rings (SSSR count). The molecule has 2 aromatic rings. The fourth-order valence-electron chi connectivity index (χ4n) is 3.22. The number of aryl methyl sites for hydroxylation is 1. The van der Waals surface area contributed by atoms with Crippen LogP contribution in [-0.2, 0) is 22.3 Å². The molecule has 1 aliphatic heterocycles. The second-order valence-electron chi connectivity index (χ2n) is 6.80. The molecule has 2 aromatic heterocycles. The van der Waals surface area contributed by atoms with Gasteiger partial charge in [-0.2, -0.15) is 18.3 Å². The first kappa shape index (κ1) is 21.3. The van der Waals surface area contributed by atoms with E-state index in [-0.39, 0.29) is 36.4 Å². The maximum Gasteiger partial charge on any atom is 0.435 e. The molecule has 7 nitrogen and oxygen atoms in total. The topological polar surface area (TPSA) is 77.3 Å². The number of hydrogen-bond donors (Lipinski definition) is 0. The summed E-state index contributed by atoms with van der Waals surface area (Å²) in [4.78, 5) is 30.4. The van der Waals surface area contributed by atoms with Crippen LogP contribution in [0, 0.1) is 6.92 Å². The van der Waals surface area contributed by atoms with E-state index >= 15 is 0 Å². The van der Waals surface area contributed by atoms with Crippen LogP contribution in [0.1, 0.15) is 52.6 Å². The van der Waals surface area contributed by atoms with E-state index in [9.17, 15) is 22.8 Å². The average Bonchev–Trinajstić information content (AvgIpc) is 3.29. The van der Waals surface area contributed by atoms with Crippen LogP contribution >= 0.6 is 11.3 Å². The fraction of sp³-hybridized carbons (Fsp3) is 0.556. The summed E-state index contributed by atoms with van der Waals surface area (Å²) >= 11 is 1.34. The van der Waals surface area contributed by atoms with Gasteiger partial charge in [0.1, 0.15) is 6.54 Å². The lowest BCUT2D eigenvalue weighted by molar-refractivity contribution is -0.142. The van der Waals surface area contributed by atoms with E-state index in [0.29, 0.717) is 13.1 Å². The third kappa shape index (κ3) is 4.95. The quantitative estimate of drug-likeness (QED) is 0.681. The molecular weight excluding hydrogens is 409 g/mol. The molecule has 0 N–H and O–H groups in total. The number of rotatable bonds is 5. The van der Waals surface area contributed by atoms with Crippen molar-refractivity contribution >= 4 is 23.2 Å². The van der Waals surface area contributed by atoms with Crippen molar-refractivity contribution in [3.63, 3.8) is 0 Å². The Kier molecular flexibility index (Phi) is 6.25. The largest absolute Gasteiger partial charge is 0.461 e. The number of nitrogens with zero attached hydrogens (tertiary/aromatic N) is 4. The molecule has 1 amide bonds. The van der Waals surface area contributed by atoms with Gasteiger partial charge in [0.05, 0.1) is 11.6 Å². The smallest absolute Gasteiger partial charge is 0.435 e. The molecule has 0 spiro atoms. The molecule has 0 saturated carbocycles. The van der Waals surface area contributed by atoms with Crippen molar-refractivity contribution in [1.29, 1.82) is 0 Å². The van der Waals surface area contributed by atoms with E-state index < -0.39 is 17.8 Å². The van der Waals surface area contributed by atoms with E-state index in [1.807, 2.05) is 0 Å². The second-order valence-corrected chi connectivity index (χ2v) is 7.69. The van der Waals surface area contributed by atoms with Crippen LogP contribution in [0.3, 0.4) is 0 Å². The van der Waals surface area contributed by atoms with Crippen molar-refractivity contribution in [3.8, 4) is 0 Å². The van der Waals surface area contributed by atoms with Gasteiger partial charge in [-0.05, 0) is 32.8 Å². The van der Waals surface area contributed by atoms with Gasteiger partial charge in [-0.1, -0.05) is 0 Å². The molecule has 158 valence electrons. The van der Waals surface area contributed by atoms with Gasteiger partial charge in [-0.25, -0.2) is 9.78 Å². The SMILES string of the molecule is CCOC(=O)c1csc(C2CCCN(C(=O)Cn3nc(C(F)(F)F)cc3C)C2)n1. The lowest BCUT2D eigenvalue weighted by atomic mass is 9.98. The van der Waals surface area contributed by atoms with Crippen LogP contribution in [0.15, 0.2) is 11.4 Å². The zero-order valence-electron chi connectivity index (χ0n) is 16.0. The molecule has 0 aromatic carbocycles. The number of thiazole rings is 1. The molecule has 1 unspecified atom stereocenters. The summed E-state index contributed by atoms with van der Waals surface area (Å²) < 4.78 is 44.5. The van der Waals surface area contributed by atoms with Crippen LogP contribution in [0.2, 0.25) is 0 Å². The summed E-state index contributed by atoms with van der Waals surface area (Å²) in [6, 6.07) is 0.929. The van der Waals surface area contributed by atoms with Crippen LogP contribution in [-0.4, -0.2) is 51.2 Å². The number of piperidine rings is 1. The van der Waals surface area contributed by atoms with Crippen LogP contribution in [0.25, 0.3) is 0 Å². The zero-order chi connectivity index (χ0) is 21.2. The van der Waals surface area contributed by atoms with E-state index in [0.717, 1.165) is 28.6 Å². The number of ether oxygens (including phenoxy) is 1. The Hall–Kier alpha value is -2.43. The van der Waals surface area contributed by atoms with Gasteiger partial charge in [0.25, 0.3) is 0 Å². The minimum absolute atomic E-state index is 0.0228. The standard InChI is InChI=1S/C18H21F3N4O3S/c1-3-28-17(27)13-10-29-16(22-13)12-5-4-6-24(8-12)15(26)9-25-11(2)7-14(23-25)18(19,20)21/h7,10,12H,3-6,8-9H2,1-2H3. The number of carbonyl (C=O) groups is 2. The van der Waals surface area contributed by atoms with E-state index in [4.69, 9.17) is 4.74 Å². The number of aromatic nitrogens is 3. The van der Waals surface area contributed by atoms with Gasteiger partial charge in [0, 0.05) is 30.1 Å². The summed E-state index contributed by atoms with van der Waals surface area (Å²) in [5, 5.41) is 5.90. The highest BCUT2D eigenvalue weighted by atomic mass is 32.1. The number of likely N-dealkylation sites (tertiary alicyclic amines) is 1.